The van der Waals surface area contributed by atoms with Crippen molar-refractivity contribution in [2.24, 2.45) is 0 Å². The summed E-state index contributed by atoms with van der Waals surface area (Å²) in [6.07, 6.45) is 4.45. The van der Waals surface area contributed by atoms with E-state index in [-0.39, 0.29) is 0 Å². The second-order valence-electron chi connectivity index (χ2n) is 4.12. The van der Waals surface area contributed by atoms with E-state index >= 15 is 0 Å². The van der Waals surface area contributed by atoms with E-state index < -0.39 is 0 Å². The maximum absolute atomic E-state index is 5.09. The molecule has 0 bridgehead atoms. The molecule has 4 heteroatoms. The predicted molar refractivity (Wildman–Crippen MR) is 70.1 cm³/mol. The van der Waals surface area contributed by atoms with Crippen molar-refractivity contribution >= 4 is 5.82 Å². The van der Waals surface area contributed by atoms with Crippen LogP contribution in [0.4, 0.5) is 5.82 Å². The molecular weight excluding hydrogens is 214 g/mol. The van der Waals surface area contributed by atoms with Crippen molar-refractivity contribution in [2.45, 2.75) is 46.1 Å². The van der Waals surface area contributed by atoms with Crippen molar-refractivity contribution in [1.29, 1.82) is 0 Å². The lowest BCUT2D eigenvalue weighted by molar-refractivity contribution is 0.177. The summed E-state index contributed by atoms with van der Waals surface area (Å²) in [5.41, 5.74) is 1.10. The van der Waals surface area contributed by atoms with E-state index in [4.69, 9.17) is 4.74 Å². The van der Waals surface area contributed by atoms with Crippen LogP contribution in [-0.2, 0) is 17.8 Å². The molecule has 0 aliphatic heterocycles. The van der Waals surface area contributed by atoms with E-state index in [1.807, 2.05) is 6.07 Å². The van der Waals surface area contributed by atoms with Crippen LogP contribution in [0.5, 0.6) is 0 Å². The predicted octanol–water partition coefficient (Wildman–Crippen LogP) is 2.79. The third-order valence-electron chi connectivity index (χ3n) is 2.44. The van der Waals surface area contributed by atoms with Crippen LogP contribution < -0.4 is 5.32 Å². The number of aromatic nitrogens is 2. The van der Waals surface area contributed by atoms with Crippen LogP contribution in [-0.4, -0.2) is 23.6 Å². The Morgan fingerprint density at radius 3 is 2.71 bits per heavy atom. The molecule has 0 spiro atoms. The fraction of sp³-hybridized carbons (Fsp3) is 0.692. The minimum atomic E-state index is 0.473. The maximum Gasteiger partial charge on any atom is 0.156 e. The monoisotopic (exact) mass is 237 g/mol. The van der Waals surface area contributed by atoms with Gasteiger partial charge in [-0.25, -0.2) is 9.97 Å². The number of aryl methyl sites for hydroxylation is 1. The zero-order valence-corrected chi connectivity index (χ0v) is 11.1. The molecule has 1 heterocycles. The fourth-order valence-electron chi connectivity index (χ4n) is 1.58. The van der Waals surface area contributed by atoms with Crippen LogP contribution >= 0.6 is 0 Å². The third-order valence-corrected chi connectivity index (χ3v) is 2.44. The van der Waals surface area contributed by atoms with Gasteiger partial charge in [-0.2, -0.15) is 0 Å². The number of nitrogens with zero attached hydrogens (tertiary/aromatic N) is 2. The van der Waals surface area contributed by atoms with Gasteiger partial charge in [-0.15, -0.1) is 0 Å². The molecule has 0 unspecified atom stereocenters. The fourth-order valence-corrected chi connectivity index (χ4v) is 1.58. The van der Waals surface area contributed by atoms with E-state index in [9.17, 15) is 0 Å². The van der Waals surface area contributed by atoms with E-state index in [0.717, 1.165) is 43.1 Å². The molecule has 1 aromatic heterocycles. The zero-order chi connectivity index (χ0) is 12.5. The Bertz CT molecular complexity index is 302. The largest absolute Gasteiger partial charge is 0.377 e. The number of hydrogen-bond donors (Lipinski definition) is 1. The number of hydrogen-bond acceptors (Lipinski definition) is 4. The molecular formula is C13H23N3O. The molecule has 0 fully saturated rings. The minimum Gasteiger partial charge on any atom is -0.377 e. The summed E-state index contributed by atoms with van der Waals surface area (Å²) in [7, 11) is 1.67. The zero-order valence-electron chi connectivity index (χ0n) is 11.1. The van der Waals surface area contributed by atoms with Crippen LogP contribution in [0.2, 0.25) is 0 Å². The number of nitrogens with one attached hydrogen (secondary N) is 1. The Balaban J connectivity index is 2.76. The molecule has 0 atom stereocenters. The lowest BCUT2D eigenvalue weighted by atomic mass is 10.2. The molecule has 0 aromatic carbocycles. The molecule has 0 amide bonds. The number of anilines is 1. The van der Waals surface area contributed by atoms with Crippen LogP contribution in [0.1, 0.15) is 44.6 Å². The standard InChI is InChI=1S/C13H23N3O/c1-4-6-7-11-9-12(14-8-5-2)16-13(15-11)10-17-3/h9H,4-8,10H2,1-3H3,(H,14,15,16). The Morgan fingerprint density at radius 2 is 2.06 bits per heavy atom. The molecule has 1 N–H and O–H groups in total. The van der Waals surface area contributed by atoms with Gasteiger partial charge in [0.25, 0.3) is 0 Å². The Kier molecular flexibility index (Phi) is 6.55. The number of ether oxygens (including phenoxy) is 1. The molecule has 0 radical (unpaired) electrons. The van der Waals surface area contributed by atoms with Crippen molar-refractivity contribution in [3.05, 3.63) is 17.6 Å². The summed E-state index contributed by atoms with van der Waals surface area (Å²) in [6, 6.07) is 2.05. The van der Waals surface area contributed by atoms with Crippen LogP contribution in [0.25, 0.3) is 0 Å². The van der Waals surface area contributed by atoms with Crippen molar-refractivity contribution in [3.8, 4) is 0 Å². The summed E-state index contributed by atoms with van der Waals surface area (Å²) in [4.78, 5) is 8.91. The summed E-state index contributed by atoms with van der Waals surface area (Å²) >= 11 is 0. The SMILES string of the molecule is CCCCc1cc(NCCC)nc(COC)n1. The second kappa shape index (κ2) is 8.01. The quantitative estimate of drug-likeness (QED) is 0.755. The topological polar surface area (TPSA) is 47.0 Å². The Hall–Kier alpha value is -1.16. The molecule has 0 aliphatic carbocycles. The minimum absolute atomic E-state index is 0.473. The van der Waals surface area contributed by atoms with Gasteiger partial charge >= 0.3 is 0 Å². The molecule has 1 rings (SSSR count). The molecule has 17 heavy (non-hydrogen) atoms. The van der Waals surface area contributed by atoms with Gasteiger partial charge in [0.2, 0.25) is 0 Å². The Labute approximate surface area is 104 Å². The maximum atomic E-state index is 5.09. The van der Waals surface area contributed by atoms with Gasteiger partial charge in [-0.1, -0.05) is 20.3 Å². The Morgan fingerprint density at radius 1 is 1.24 bits per heavy atom. The van der Waals surface area contributed by atoms with Gasteiger partial charge in [0.05, 0.1) is 0 Å². The highest BCUT2D eigenvalue weighted by atomic mass is 16.5. The smallest absolute Gasteiger partial charge is 0.156 e. The number of unbranched alkanes of at least 4 members (excludes halogenated alkanes) is 1. The first kappa shape index (κ1) is 13.9. The highest BCUT2D eigenvalue weighted by Gasteiger charge is 2.04. The normalized spacial score (nSPS) is 10.5. The second-order valence-corrected chi connectivity index (χ2v) is 4.12. The van der Waals surface area contributed by atoms with Crippen molar-refractivity contribution in [3.63, 3.8) is 0 Å². The van der Waals surface area contributed by atoms with Crippen molar-refractivity contribution in [2.75, 3.05) is 19.0 Å². The molecule has 0 saturated carbocycles. The first-order valence-electron chi connectivity index (χ1n) is 6.39. The highest BCUT2D eigenvalue weighted by Crippen LogP contribution is 2.10. The molecule has 4 nitrogen and oxygen atoms in total. The number of methoxy groups -OCH3 is 1. The van der Waals surface area contributed by atoms with Crippen LogP contribution in [0.15, 0.2) is 6.07 Å². The van der Waals surface area contributed by atoms with Gasteiger partial charge < -0.3 is 10.1 Å². The van der Waals surface area contributed by atoms with Gasteiger partial charge in [-0.3, -0.25) is 0 Å². The lowest BCUT2D eigenvalue weighted by Crippen LogP contribution is -2.08. The van der Waals surface area contributed by atoms with Crippen molar-refractivity contribution < 1.29 is 4.74 Å². The molecule has 1 aromatic rings. The average molecular weight is 237 g/mol. The lowest BCUT2D eigenvalue weighted by Gasteiger charge is -2.09. The number of rotatable bonds is 8. The summed E-state index contributed by atoms with van der Waals surface area (Å²) < 4.78 is 5.09. The van der Waals surface area contributed by atoms with Gasteiger partial charge in [0.15, 0.2) is 5.82 Å². The molecule has 0 aliphatic rings. The van der Waals surface area contributed by atoms with E-state index in [2.05, 4.69) is 29.1 Å². The summed E-state index contributed by atoms with van der Waals surface area (Å²) in [5.74, 6) is 1.68. The van der Waals surface area contributed by atoms with Gasteiger partial charge in [0, 0.05) is 25.4 Å². The average Bonchev–Trinajstić information content (AvgIpc) is 2.34. The third kappa shape index (κ3) is 5.13. The first-order chi connectivity index (χ1) is 8.30. The van der Waals surface area contributed by atoms with E-state index in [1.54, 1.807) is 7.11 Å². The van der Waals surface area contributed by atoms with Gasteiger partial charge in [-0.05, 0) is 19.3 Å². The van der Waals surface area contributed by atoms with Gasteiger partial charge in [0.1, 0.15) is 12.4 Å². The van der Waals surface area contributed by atoms with Crippen LogP contribution in [0, 0.1) is 0 Å². The van der Waals surface area contributed by atoms with Crippen molar-refractivity contribution in [1.82, 2.24) is 9.97 Å². The molecule has 96 valence electrons. The van der Waals surface area contributed by atoms with E-state index in [0.29, 0.717) is 6.61 Å². The summed E-state index contributed by atoms with van der Waals surface area (Å²) in [5, 5.41) is 3.30. The molecule has 0 saturated heterocycles. The first-order valence-corrected chi connectivity index (χ1v) is 6.39. The van der Waals surface area contributed by atoms with Crippen LogP contribution in [0.3, 0.4) is 0 Å². The summed E-state index contributed by atoms with van der Waals surface area (Å²) in [6.45, 7) is 5.74. The highest BCUT2D eigenvalue weighted by molar-refractivity contribution is 5.36. The van der Waals surface area contributed by atoms with E-state index in [1.165, 1.54) is 6.42 Å².